The van der Waals surface area contributed by atoms with E-state index in [0.29, 0.717) is 3.39 Å². The summed E-state index contributed by atoms with van der Waals surface area (Å²) in [4.78, 5) is 10.0. The van der Waals surface area contributed by atoms with Gasteiger partial charge in [-0.1, -0.05) is 0 Å². The average Bonchev–Trinajstić information content (AvgIpc) is 1.61. The largest absolute Gasteiger partial charge is 0.433 e. The first-order valence-electron chi connectivity index (χ1n) is 1.81. The highest BCUT2D eigenvalue weighted by atomic mass is 79.9. The van der Waals surface area contributed by atoms with Crippen LogP contribution in [0.15, 0.2) is 9.65 Å². The van der Waals surface area contributed by atoms with Crippen molar-refractivity contribution in [3.8, 4) is 0 Å². The van der Waals surface area contributed by atoms with Crippen LogP contribution in [0.3, 0.4) is 0 Å². The Hall–Kier alpha value is 0.170. The molecule has 0 bridgehead atoms. The minimum Gasteiger partial charge on any atom is -0.433 e. The van der Waals surface area contributed by atoms with Crippen molar-refractivity contribution >= 4 is 37.8 Å². The van der Waals surface area contributed by atoms with Crippen LogP contribution in [0, 0.1) is 0 Å². The molecular weight excluding hydrogens is 240 g/mol. The van der Waals surface area contributed by atoms with Gasteiger partial charge in [0.1, 0.15) is 6.26 Å². The van der Waals surface area contributed by atoms with E-state index in [2.05, 4.69) is 36.6 Å². The molecule has 0 saturated heterocycles. The fourth-order valence-electron chi connectivity index (χ4n) is 0.128. The normalized spacial score (nSPS) is 7.88. The Morgan fingerprint density at radius 1 is 1.62 bits per heavy atom. The number of ether oxygens (including phenoxy) is 1. The van der Waals surface area contributed by atoms with Crippen LogP contribution >= 0.6 is 31.9 Å². The first kappa shape index (κ1) is 8.17. The van der Waals surface area contributed by atoms with Gasteiger partial charge in [-0.3, -0.25) is 4.79 Å². The standard InChI is InChI=1S/C4H4Br2O2/c1-3(7)8-2-4(5)6/h2H,1H3. The highest BCUT2D eigenvalue weighted by molar-refractivity contribution is 9.28. The van der Waals surface area contributed by atoms with Crippen molar-refractivity contribution in [3.05, 3.63) is 9.65 Å². The quantitative estimate of drug-likeness (QED) is 0.521. The van der Waals surface area contributed by atoms with Gasteiger partial charge in [-0.25, -0.2) is 0 Å². The second-order valence-electron chi connectivity index (χ2n) is 1.02. The molecule has 0 amide bonds. The lowest BCUT2D eigenvalue weighted by molar-refractivity contribution is -0.135. The Morgan fingerprint density at radius 2 is 2.12 bits per heavy atom. The molecule has 0 aromatic rings. The zero-order chi connectivity index (χ0) is 6.57. The summed E-state index contributed by atoms with van der Waals surface area (Å²) in [5, 5.41) is 0. The lowest BCUT2D eigenvalue weighted by atomic mass is 10.8. The molecule has 0 spiro atoms. The maximum Gasteiger partial charge on any atom is 0.307 e. The van der Waals surface area contributed by atoms with E-state index in [9.17, 15) is 4.79 Å². The molecular formula is C4H4Br2O2. The van der Waals surface area contributed by atoms with Crippen LogP contribution in [0.1, 0.15) is 6.92 Å². The Bertz CT molecular complexity index is 115. The summed E-state index contributed by atoms with van der Waals surface area (Å²) in [5.74, 6) is -0.332. The van der Waals surface area contributed by atoms with Gasteiger partial charge in [0, 0.05) is 6.92 Å². The maximum absolute atomic E-state index is 10.0. The molecule has 2 nitrogen and oxygen atoms in total. The molecule has 0 unspecified atom stereocenters. The van der Waals surface area contributed by atoms with Crippen molar-refractivity contribution in [2.45, 2.75) is 6.92 Å². The number of hydrogen-bond donors (Lipinski definition) is 0. The van der Waals surface area contributed by atoms with Crippen molar-refractivity contribution in [2.24, 2.45) is 0 Å². The van der Waals surface area contributed by atoms with Crippen LogP contribution in [-0.2, 0) is 9.53 Å². The van der Waals surface area contributed by atoms with E-state index in [1.165, 1.54) is 13.2 Å². The topological polar surface area (TPSA) is 26.3 Å². The van der Waals surface area contributed by atoms with Gasteiger partial charge in [0.05, 0.1) is 3.39 Å². The van der Waals surface area contributed by atoms with Gasteiger partial charge in [0.15, 0.2) is 0 Å². The third-order valence-electron chi connectivity index (χ3n) is 0.314. The minimum atomic E-state index is -0.332. The molecule has 0 aromatic heterocycles. The van der Waals surface area contributed by atoms with Gasteiger partial charge in [-0.15, -0.1) is 0 Å². The first-order valence-corrected chi connectivity index (χ1v) is 3.40. The Morgan fingerprint density at radius 3 is 2.25 bits per heavy atom. The smallest absolute Gasteiger partial charge is 0.307 e. The molecule has 0 fully saturated rings. The molecule has 0 heterocycles. The molecule has 46 valence electrons. The monoisotopic (exact) mass is 242 g/mol. The first-order chi connectivity index (χ1) is 3.63. The average molecular weight is 244 g/mol. The molecule has 0 aliphatic carbocycles. The summed E-state index contributed by atoms with van der Waals surface area (Å²) >= 11 is 6.01. The highest BCUT2D eigenvalue weighted by Gasteiger charge is 1.86. The fraction of sp³-hybridized carbons (Fsp3) is 0.250. The molecule has 0 aliphatic heterocycles. The van der Waals surface area contributed by atoms with Gasteiger partial charge in [-0.05, 0) is 31.9 Å². The summed E-state index contributed by atoms with van der Waals surface area (Å²) < 4.78 is 5.02. The molecule has 0 saturated carbocycles. The zero-order valence-electron chi connectivity index (χ0n) is 4.15. The van der Waals surface area contributed by atoms with Crippen LogP contribution in [0.4, 0.5) is 0 Å². The number of rotatable bonds is 1. The number of carbonyl (C=O) groups is 1. The van der Waals surface area contributed by atoms with Gasteiger partial charge >= 0.3 is 5.97 Å². The summed E-state index contributed by atoms with van der Waals surface area (Å²) in [6.45, 7) is 1.33. The molecule has 0 N–H and O–H groups in total. The van der Waals surface area contributed by atoms with Gasteiger partial charge < -0.3 is 4.74 Å². The van der Waals surface area contributed by atoms with Crippen LogP contribution in [0.5, 0.6) is 0 Å². The number of halogens is 2. The van der Waals surface area contributed by atoms with Crippen molar-refractivity contribution in [1.82, 2.24) is 0 Å². The molecule has 0 aromatic carbocycles. The predicted molar refractivity (Wildman–Crippen MR) is 37.7 cm³/mol. The zero-order valence-corrected chi connectivity index (χ0v) is 7.32. The number of hydrogen-bond acceptors (Lipinski definition) is 2. The molecule has 0 rings (SSSR count). The number of esters is 1. The molecule has 4 heteroatoms. The van der Waals surface area contributed by atoms with Crippen molar-refractivity contribution < 1.29 is 9.53 Å². The molecule has 0 atom stereocenters. The second kappa shape index (κ2) is 4.09. The summed E-state index contributed by atoms with van der Waals surface area (Å²) in [5.41, 5.74) is 0. The maximum atomic E-state index is 10.0. The third kappa shape index (κ3) is 6.17. The van der Waals surface area contributed by atoms with E-state index in [-0.39, 0.29) is 5.97 Å². The van der Waals surface area contributed by atoms with E-state index in [1.807, 2.05) is 0 Å². The summed E-state index contributed by atoms with van der Waals surface area (Å²) in [6, 6.07) is 0. The lowest BCUT2D eigenvalue weighted by Crippen LogP contribution is -1.88. The summed E-state index contributed by atoms with van der Waals surface area (Å²) in [7, 11) is 0. The van der Waals surface area contributed by atoms with Gasteiger partial charge in [0.25, 0.3) is 0 Å². The molecule has 0 aliphatic rings. The van der Waals surface area contributed by atoms with Gasteiger partial charge in [0.2, 0.25) is 0 Å². The van der Waals surface area contributed by atoms with E-state index < -0.39 is 0 Å². The van der Waals surface area contributed by atoms with Crippen LogP contribution in [-0.4, -0.2) is 5.97 Å². The fourth-order valence-corrected chi connectivity index (χ4v) is 0.314. The summed E-state index contributed by atoms with van der Waals surface area (Å²) in [6.07, 6.45) is 1.27. The van der Waals surface area contributed by atoms with Crippen LogP contribution < -0.4 is 0 Å². The molecule has 0 radical (unpaired) electrons. The Balaban J connectivity index is 3.45. The lowest BCUT2D eigenvalue weighted by Gasteiger charge is -1.87. The van der Waals surface area contributed by atoms with E-state index in [0.717, 1.165) is 0 Å². The van der Waals surface area contributed by atoms with E-state index >= 15 is 0 Å². The van der Waals surface area contributed by atoms with Crippen molar-refractivity contribution in [2.75, 3.05) is 0 Å². The SMILES string of the molecule is CC(=O)OC=C(Br)Br. The van der Waals surface area contributed by atoms with Crippen LogP contribution in [0.2, 0.25) is 0 Å². The minimum absolute atomic E-state index is 0.332. The highest BCUT2D eigenvalue weighted by Crippen LogP contribution is 2.11. The Kier molecular flexibility index (Phi) is 4.18. The third-order valence-corrected chi connectivity index (χ3v) is 0.688. The Labute approximate surface area is 64.2 Å². The van der Waals surface area contributed by atoms with E-state index in [1.54, 1.807) is 0 Å². The van der Waals surface area contributed by atoms with Gasteiger partial charge in [-0.2, -0.15) is 0 Å². The molecule has 8 heavy (non-hydrogen) atoms. The predicted octanol–water partition coefficient (Wildman–Crippen LogP) is 2.14. The second-order valence-corrected chi connectivity index (χ2v) is 3.79. The van der Waals surface area contributed by atoms with E-state index in [4.69, 9.17) is 0 Å². The number of carbonyl (C=O) groups excluding carboxylic acids is 1. The van der Waals surface area contributed by atoms with Crippen molar-refractivity contribution in [1.29, 1.82) is 0 Å². The van der Waals surface area contributed by atoms with Crippen molar-refractivity contribution in [3.63, 3.8) is 0 Å². The van der Waals surface area contributed by atoms with Crippen LogP contribution in [0.25, 0.3) is 0 Å².